The third-order valence-electron chi connectivity index (χ3n) is 3.26. The van der Waals surface area contributed by atoms with Crippen LogP contribution in [0.2, 0.25) is 0 Å². The predicted octanol–water partition coefficient (Wildman–Crippen LogP) is -2.20. The van der Waals surface area contributed by atoms with Crippen LogP contribution in [-0.4, -0.2) is 42.1 Å². The van der Waals surface area contributed by atoms with Crippen molar-refractivity contribution in [1.29, 1.82) is 0 Å². The lowest BCUT2D eigenvalue weighted by molar-refractivity contribution is -0.141. The number of phenolic OH excluding ortho intramolecular Hbond substituents is 1. The van der Waals surface area contributed by atoms with Gasteiger partial charge in [-0.15, -0.1) is 0 Å². The Balaban J connectivity index is 3.84. The minimum atomic E-state index is -2.37. The Morgan fingerprint density at radius 3 is 1.71 bits per heavy atom. The molecule has 0 saturated carbocycles. The van der Waals surface area contributed by atoms with Gasteiger partial charge in [0.2, 0.25) is 0 Å². The number of phenols is 1. The number of nitrogen functional groups attached to an aromatic ring is 1. The van der Waals surface area contributed by atoms with E-state index in [0.717, 1.165) is 0 Å². The highest BCUT2D eigenvalue weighted by molar-refractivity contribution is 6.32. The zero-order valence-electron chi connectivity index (χ0n) is 11.3. The Morgan fingerprint density at radius 1 is 0.952 bits per heavy atom. The summed E-state index contributed by atoms with van der Waals surface area (Å²) in [7, 11) is 0. The number of nitrogens with two attached hydrogens (primary N) is 4. The minimum absolute atomic E-state index is 0.0969. The smallest absolute Gasteiger partial charge is 0.180 e. The Kier molecular flexibility index (Phi) is 5.14. The SMILES string of the molecule is NCC(=O)C(C(=O)CN)(C(=O)CN)c1c(N)cccc1O. The van der Waals surface area contributed by atoms with Crippen molar-refractivity contribution in [2.24, 2.45) is 17.2 Å². The highest BCUT2D eigenvalue weighted by Gasteiger charge is 2.53. The van der Waals surface area contributed by atoms with Crippen LogP contribution in [0.15, 0.2) is 18.2 Å². The lowest BCUT2D eigenvalue weighted by Gasteiger charge is -2.30. The molecule has 0 amide bonds. The first kappa shape index (κ1) is 16.8. The van der Waals surface area contributed by atoms with Crippen LogP contribution >= 0.6 is 0 Å². The molecule has 9 N–H and O–H groups in total. The monoisotopic (exact) mass is 294 g/mol. The Morgan fingerprint density at radius 2 is 1.38 bits per heavy atom. The topological polar surface area (TPSA) is 176 Å². The average molecular weight is 294 g/mol. The number of aromatic hydroxyl groups is 1. The third-order valence-corrected chi connectivity index (χ3v) is 3.26. The van der Waals surface area contributed by atoms with Crippen LogP contribution in [0, 0.1) is 0 Å². The number of hydrogen-bond donors (Lipinski definition) is 5. The van der Waals surface area contributed by atoms with E-state index in [-0.39, 0.29) is 11.3 Å². The van der Waals surface area contributed by atoms with E-state index in [1.807, 2.05) is 0 Å². The molecule has 0 spiro atoms. The van der Waals surface area contributed by atoms with Crippen molar-refractivity contribution in [1.82, 2.24) is 0 Å². The second-order valence-electron chi connectivity index (χ2n) is 4.37. The van der Waals surface area contributed by atoms with Crippen molar-refractivity contribution in [3.8, 4) is 5.75 Å². The van der Waals surface area contributed by atoms with E-state index < -0.39 is 48.1 Å². The molecule has 0 heterocycles. The van der Waals surface area contributed by atoms with Crippen LogP contribution in [0.5, 0.6) is 5.75 Å². The summed E-state index contributed by atoms with van der Waals surface area (Å²) in [5, 5.41) is 10.0. The van der Waals surface area contributed by atoms with Crippen LogP contribution < -0.4 is 22.9 Å². The minimum Gasteiger partial charge on any atom is -0.508 e. The Labute approximate surface area is 121 Å². The van der Waals surface area contributed by atoms with E-state index in [9.17, 15) is 19.5 Å². The molecule has 0 fully saturated rings. The number of Topliss-reactive ketones (excluding diaryl/α,β-unsaturated/α-hetero) is 3. The van der Waals surface area contributed by atoms with Gasteiger partial charge >= 0.3 is 0 Å². The quantitative estimate of drug-likeness (QED) is 0.278. The summed E-state index contributed by atoms with van der Waals surface area (Å²) in [6, 6.07) is 3.96. The maximum absolute atomic E-state index is 12.3. The molecular weight excluding hydrogens is 276 g/mol. The Hall–Kier alpha value is -2.29. The molecule has 114 valence electrons. The van der Waals surface area contributed by atoms with Crippen LogP contribution in [0.3, 0.4) is 0 Å². The fourth-order valence-corrected chi connectivity index (χ4v) is 2.31. The summed E-state index contributed by atoms with van der Waals surface area (Å²) in [5.74, 6) is -3.22. The van der Waals surface area contributed by atoms with Gasteiger partial charge in [0.25, 0.3) is 0 Å². The van der Waals surface area contributed by atoms with Crippen molar-refractivity contribution >= 4 is 23.0 Å². The van der Waals surface area contributed by atoms with Crippen molar-refractivity contribution < 1.29 is 19.5 Å². The predicted molar refractivity (Wildman–Crippen MR) is 76.4 cm³/mol. The molecule has 0 aliphatic carbocycles. The summed E-state index contributed by atoms with van der Waals surface area (Å²) < 4.78 is 0. The standard InChI is InChI=1S/C13H18N4O4/c14-4-9(19)13(10(20)5-15,11(21)6-16)12-7(17)2-1-3-8(12)18/h1-3,18H,4-6,14-17H2. The van der Waals surface area contributed by atoms with Crippen LogP contribution in [-0.2, 0) is 19.8 Å². The van der Waals surface area contributed by atoms with Crippen molar-refractivity contribution in [2.45, 2.75) is 5.41 Å². The van der Waals surface area contributed by atoms with Gasteiger partial charge in [0.1, 0.15) is 5.75 Å². The highest BCUT2D eigenvalue weighted by Crippen LogP contribution is 2.38. The van der Waals surface area contributed by atoms with E-state index in [2.05, 4.69) is 0 Å². The van der Waals surface area contributed by atoms with Crippen LogP contribution in [0.25, 0.3) is 0 Å². The zero-order valence-corrected chi connectivity index (χ0v) is 11.3. The van der Waals surface area contributed by atoms with Gasteiger partial charge in [-0.2, -0.15) is 0 Å². The molecule has 8 heteroatoms. The second kappa shape index (κ2) is 6.44. The molecule has 0 bridgehead atoms. The molecule has 0 aromatic heterocycles. The van der Waals surface area contributed by atoms with Gasteiger partial charge in [-0.1, -0.05) is 6.07 Å². The normalized spacial score (nSPS) is 11.2. The third kappa shape index (κ3) is 2.51. The lowest BCUT2D eigenvalue weighted by atomic mass is 9.68. The van der Waals surface area contributed by atoms with E-state index in [1.165, 1.54) is 18.2 Å². The van der Waals surface area contributed by atoms with Gasteiger partial charge in [0.05, 0.1) is 19.6 Å². The fourth-order valence-electron chi connectivity index (χ4n) is 2.31. The summed E-state index contributed by atoms with van der Waals surface area (Å²) in [6.07, 6.45) is 0. The fraction of sp³-hybridized carbons (Fsp3) is 0.308. The first-order valence-electron chi connectivity index (χ1n) is 6.15. The van der Waals surface area contributed by atoms with Crippen LogP contribution in [0.4, 0.5) is 5.69 Å². The number of ketones is 3. The summed E-state index contributed by atoms with van der Waals surface area (Å²) in [5.41, 5.74) is 18.9. The zero-order chi connectivity index (χ0) is 16.2. The molecule has 1 aromatic rings. The molecule has 0 aliphatic heterocycles. The van der Waals surface area contributed by atoms with Crippen molar-refractivity contribution in [3.05, 3.63) is 23.8 Å². The summed E-state index contributed by atoms with van der Waals surface area (Å²) >= 11 is 0. The van der Waals surface area contributed by atoms with E-state index in [1.54, 1.807) is 0 Å². The number of carbonyl (C=O) groups excluding carboxylic acids is 3. The molecule has 0 atom stereocenters. The van der Waals surface area contributed by atoms with Crippen LogP contribution in [0.1, 0.15) is 5.56 Å². The molecule has 8 nitrogen and oxygen atoms in total. The van der Waals surface area contributed by atoms with Gasteiger partial charge < -0.3 is 28.0 Å². The number of anilines is 1. The first-order valence-corrected chi connectivity index (χ1v) is 6.15. The lowest BCUT2D eigenvalue weighted by Crippen LogP contribution is -2.57. The number of rotatable bonds is 7. The van der Waals surface area contributed by atoms with Crippen molar-refractivity contribution in [2.75, 3.05) is 25.4 Å². The van der Waals surface area contributed by atoms with Gasteiger partial charge in [0.15, 0.2) is 22.8 Å². The Bertz CT molecular complexity index is 524. The molecule has 0 radical (unpaired) electrons. The van der Waals surface area contributed by atoms with E-state index in [0.29, 0.717) is 0 Å². The van der Waals surface area contributed by atoms with Gasteiger partial charge in [-0.05, 0) is 12.1 Å². The van der Waals surface area contributed by atoms with Crippen molar-refractivity contribution in [3.63, 3.8) is 0 Å². The molecule has 1 aromatic carbocycles. The summed E-state index contributed by atoms with van der Waals surface area (Å²) in [4.78, 5) is 36.9. The van der Waals surface area contributed by atoms with E-state index in [4.69, 9.17) is 22.9 Å². The maximum atomic E-state index is 12.3. The number of carbonyl (C=O) groups is 3. The molecule has 0 aliphatic rings. The van der Waals surface area contributed by atoms with E-state index >= 15 is 0 Å². The van der Waals surface area contributed by atoms with Gasteiger partial charge in [-0.25, -0.2) is 0 Å². The molecule has 0 unspecified atom stereocenters. The largest absolute Gasteiger partial charge is 0.508 e. The molecule has 1 rings (SSSR count). The van der Waals surface area contributed by atoms with Gasteiger partial charge in [0, 0.05) is 11.3 Å². The van der Waals surface area contributed by atoms with Gasteiger partial charge in [-0.3, -0.25) is 14.4 Å². The highest BCUT2D eigenvalue weighted by atomic mass is 16.3. The first-order chi connectivity index (χ1) is 9.87. The second-order valence-corrected chi connectivity index (χ2v) is 4.37. The molecule has 21 heavy (non-hydrogen) atoms. The molecular formula is C13H18N4O4. The summed E-state index contributed by atoms with van der Waals surface area (Å²) in [6.45, 7) is -1.82. The number of hydrogen-bond acceptors (Lipinski definition) is 8. The number of benzene rings is 1. The maximum Gasteiger partial charge on any atom is 0.180 e. The average Bonchev–Trinajstić information content (AvgIpc) is 2.48. The molecule has 0 saturated heterocycles.